The predicted molar refractivity (Wildman–Crippen MR) is 110 cm³/mol. The van der Waals surface area contributed by atoms with Crippen LogP contribution >= 0.6 is 0 Å². The van der Waals surface area contributed by atoms with Gasteiger partial charge in [-0.1, -0.05) is 0 Å². The highest BCUT2D eigenvalue weighted by molar-refractivity contribution is 5.76. The summed E-state index contributed by atoms with van der Waals surface area (Å²) in [5.41, 5.74) is 1.72. The van der Waals surface area contributed by atoms with E-state index in [1.165, 1.54) is 24.3 Å². The zero-order valence-electron chi connectivity index (χ0n) is 16.6. The third kappa shape index (κ3) is 4.84. The Morgan fingerprint density at radius 1 is 0.933 bits per heavy atom. The molecular formula is C23H23F2N3O2. The molecule has 0 atom stereocenters. The van der Waals surface area contributed by atoms with Crippen molar-refractivity contribution in [2.75, 3.05) is 31.1 Å². The van der Waals surface area contributed by atoms with Crippen LogP contribution in [0, 0.1) is 11.6 Å². The lowest BCUT2D eigenvalue weighted by Crippen LogP contribution is -2.35. The number of aryl methyl sites for hydroxylation is 1. The molecule has 0 bridgehead atoms. The van der Waals surface area contributed by atoms with Gasteiger partial charge in [0.15, 0.2) is 11.7 Å². The molecule has 30 heavy (non-hydrogen) atoms. The Labute approximate surface area is 173 Å². The lowest BCUT2D eigenvalue weighted by atomic mass is 10.2. The summed E-state index contributed by atoms with van der Waals surface area (Å²) < 4.78 is 31.9. The molecule has 2 heterocycles. The molecule has 1 amide bonds. The van der Waals surface area contributed by atoms with Crippen molar-refractivity contribution >= 4 is 11.6 Å². The number of nitrogens with zero attached hydrogens (tertiary/aromatic N) is 3. The van der Waals surface area contributed by atoms with E-state index in [2.05, 4.69) is 9.88 Å². The van der Waals surface area contributed by atoms with Crippen LogP contribution in [0.25, 0.3) is 11.3 Å². The molecule has 5 nitrogen and oxygen atoms in total. The summed E-state index contributed by atoms with van der Waals surface area (Å²) in [5.74, 6) is 0.559. The van der Waals surface area contributed by atoms with Gasteiger partial charge in [-0.25, -0.2) is 13.8 Å². The number of carbonyl (C=O) groups is 1. The maximum absolute atomic E-state index is 13.1. The van der Waals surface area contributed by atoms with Crippen LogP contribution in [0.5, 0.6) is 0 Å². The van der Waals surface area contributed by atoms with Gasteiger partial charge >= 0.3 is 0 Å². The molecule has 0 radical (unpaired) electrons. The van der Waals surface area contributed by atoms with Crippen LogP contribution in [0.2, 0.25) is 0 Å². The molecule has 0 spiro atoms. The minimum Gasteiger partial charge on any atom is -0.441 e. The van der Waals surface area contributed by atoms with Crippen LogP contribution in [0.1, 0.15) is 18.7 Å². The summed E-state index contributed by atoms with van der Waals surface area (Å²) in [6.07, 6.45) is 3.19. The average molecular weight is 411 g/mol. The number of amides is 1. The van der Waals surface area contributed by atoms with Gasteiger partial charge < -0.3 is 14.2 Å². The molecule has 156 valence electrons. The highest BCUT2D eigenvalue weighted by Crippen LogP contribution is 2.22. The number of carbonyl (C=O) groups excluding carboxylic acids is 1. The molecule has 1 saturated heterocycles. The summed E-state index contributed by atoms with van der Waals surface area (Å²) in [7, 11) is 0. The van der Waals surface area contributed by atoms with Crippen molar-refractivity contribution in [3.63, 3.8) is 0 Å². The van der Waals surface area contributed by atoms with Gasteiger partial charge in [0.05, 0.1) is 6.20 Å². The first kappa shape index (κ1) is 20.1. The second-order valence-corrected chi connectivity index (χ2v) is 7.32. The zero-order chi connectivity index (χ0) is 20.9. The number of benzene rings is 2. The minimum absolute atomic E-state index is 0.0671. The van der Waals surface area contributed by atoms with Gasteiger partial charge in [0.25, 0.3) is 0 Å². The van der Waals surface area contributed by atoms with Gasteiger partial charge in [0.2, 0.25) is 5.91 Å². The summed E-state index contributed by atoms with van der Waals surface area (Å²) in [5, 5.41) is 0. The fourth-order valence-corrected chi connectivity index (χ4v) is 3.62. The lowest BCUT2D eigenvalue weighted by molar-refractivity contribution is -0.131. The van der Waals surface area contributed by atoms with E-state index in [-0.39, 0.29) is 17.5 Å². The first-order valence-electron chi connectivity index (χ1n) is 10.1. The Kier molecular flexibility index (Phi) is 6.07. The Hall–Kier alpha value is -3.22. The maximum atomic E-state index is 13.1. The Bertz CT molecular complexity index is 986. The van der Waals surface area contributed by atoms with E-state index in [9.17, 15) is 13.6 Å². The van der Waals surface area contributed by atoms with Crippen molar-refractivity contribution in [1.82, 2.24) is 9.88 Å². The topological polar surface area (TPSA) is 49.6 Å². The molecule has 1 fully saturated rings. The van der Waals surface area contributed by atoms with E-state index < -0.39 is 0 Å². The first-order chi connectivity index (χ1) is 14.6. The third-order valence-electron chi connectivity index (χ3n) is 5.28. The number of oxazole rings is 1. The van der Waals surface area contributed by atoms with Crippen molar-refractivity contribution in [2.45, 2.75) is 19.3 Å². The van der Waals surface area contributed by atoms with Crippen LogP contribution < -0.4 is 4.90 Å². The summed E-state index contributed by atoms with van der Waals surface area (Å²) >= 11 is 0. The van der Waals surface area contributed by atoms with Gasteiger partial charge in [0, 0.05) is 50.3 Å². The second kappa shape index (κ2) is 9.07. The van der Waals surface area contributed by atoms with Gasteiger partial charge in [-0.05, 0) is 55.0 Å². The SMILES string of the molecule is O=C(CCc1ncc(-c2ccc(F)cc2)o1)N1CCCN(c2ccc(F)cc2)CC1. The van der Waals surface area contributed by atoms with Crippen molar-refractivity contribution in [3.8, 4) is 11.3 Å². The molecule has 2 aromatic carbocycles. The molecule has 4 rings (SSSR count). The number of hydrogen-bond donors (Lipinski definition) is 0. The van der Waals surface area contributed by atoms with Gasteiger partial charge in [-0.2, -0.15) is 0 Å². The minimum atomic E-state index is -0.306. The van der Waals surface area contributed by atoms with Crippen molar-refractivity contribution in [1.29, 1.82) is 0 Å². The van der Waals surface area contributed by atoms with E-state index in [0.29, 0.717) is 44.1 Å². The van der Waals surface area contributed by atoms with Crippen molar-refractivity contribution in [2.24, 2.45) is 0 Å². The molecule has 0 unspecified atom stereocenters. The normalized spacial score (nSPS) is 14.6. The Morgan fingerprint density at radius 3 is 2.37 bits per heavy atom. The monoisotopic (exact) mass is 411 g/mol. The van der Waals surface area contributed by atoms with Crippen LogP contribution in [0.3, 0.4) is 0 Å². The number of halogens is 2. The van der Waals surface area contributed by atoms with E-state index in [4.69, 9.17) is 4.42 Å². The summed E-state index contributed by atoms with van der Waals surface area (Å²) in [4.78, 5) is 21.0. The highest BCUT2D eigenvalue weighted by atomic mass is 19.1. The number of anilines is 1. The van der Waals surface area contributed by atoms with Crippen molar-refractivity contribution < 1.29 is 18.0 Å². The predicted octanol–water partition coefficient (Wildman–Crippen LogP) is 4.29. The number of rotatable bonds is 5. The fourth-order valence-electron chi connectivity index (χ4n) is 3.62. The largest absolute Gasteiger partial charge is 0.441 e. The average Bonchev–Trinajstić information content (AvgIpc) is 3.09. The summed E-state index contributed by atoms with van der Waals surface area (Å²) in [6, 6.07) is 12.5. The van der Waals surface area contributed by atoms with Gasteiger partial charge in [0.1, 0.15) is 11.6 Å². The van der Waals surface area contributed by atoms with Gasteiger partial charge in [-0.3, -0.25) is 4.79 Å². The van der Waals surface area contributed by atoms with Crippen molar-refractivity contribution in [3.05, 3.63) is 72.3 Å². The van der Waals surface area contributed by atoms with Crippen LogP contribution in [0.15, 0.2) is 59.1 Å². The van der Waals surface area contributed by atoms with Crippen LogP contribution in [-0.4, -0.2) is 42.0 Å². The molecule has 0 saturated carbocycles. The van der Waals surface area contributed by atoms with E-state index in [1.54, 1.807) is 30.5 Å². The van der Waals surface area contributed by atoms with E-state index in [1.807, 2.05) is 4.90 Å². The third-order valence-corrected chi connectivity index (χ3v) is 5.28. The van der Waals surface area contributed by atoms with E-state index in [0.717, 1.165) is 24.2 Å². The number of hydrogen-bond acceptors (Lipinski definition) is 4. The molecule has 0 aliphatic carbocycles. The molecule has 0 N–H and O–H groups in total. The molecule has 1 aromatic heterocycles. The highest BCUT2D eigenvalue weighted by Gasteiger charge is 2.20. The van der Waals surface area contributed by atoms with E-state index >= 15 is 0 Å². The smallest absolute Gasteiger partial charge is 0.223 e. The maximum Gasteiger partial charge on any atom is 0.223 e. The standard InChI is InChI=1S/C23H23F2N3O2/c24-18-4-2-17(3-5-18)21-16-26-22(30-21)10-11-23(29)28-13-1-12-27(14-15-28)20-8-6-19(25)7-9-20/h2-9,16H,1,10-15H2. The first-order valence-corrected chi connectivity index (χ1v) is 10.1. The molecule has 3 aromatic rings. The Morgan fingerprint density at radius 2 is 1.63 bits per heavy atom. The lowest BCUT2D eigenvalue weighted by Gasteiger charge is -2.23. The fraction of sp³-hybridized carbons (Fsp3) is 0.304. The molecular weight excluding hydrogens is 388 g/mol. The summed E-state index contributed by atoms with van der Waals surface area (Å²) in [6.45, 7) is 2.87. The molecule has 1 aliphatic heterocycles. The molecule has 1 aliphatic rings. The number of aromatic nitrogens is 1. The van der Waals surface area contributed by atoms with Gasteiger partial charge in [-0.15, -0.1) is 0 Å². The van der Waals surface area contributed by atoms with Crippen LogP contribution in [-0.2, 0) is 11.2 Å². The Balaban J connectivity index is 1.30. The second-order valence-electron chi connectivity index (χ2n) is 7.32. The quantitative estimate of drug-likeness (QED) is 0.629. The van der Waals surface area contributed by atoms with Crippen LogP contribution in [0.4, 0.5) is 14.5 Å². The molecule has 7 heteroatoms. The zero-order valence-corrected chi connectivity index (χ0v) is 16.6.